The molecule has 0 bridgehead atoms. The van der Waals surface area contributed by atoms with Crippen molar-refractivity contribution in [2.24, 2.45) is 0 Å². The summed E-state index contributed by atoms with van der Waals surface area (Å²) in [6.45, 7) is 1.82. The van der Waals surface area contributed by atoms with Gasteiger partial charge in [-0.1, -0.05) is 6.92 Å². The van der Waals surface area contributed by atoms with Gasteiger partial charge < -0.3 is 19.8 Å². The highest BCUT2D eigenvalue weighted by Crippen LogP contribution is 2.19. The number of nitrogens with zero attached hydrogens (tertiary/aromatic N) is 1. The number of hydrogen-bond acceptors (Lipinski definition) is 4. The first-order chi connectivity index (χ1) is 8.50. The first-order valence-corrected chi connectivity index (χ1v) is 6.46. The Morgan fingerprint density at radius 3 is 2.16 bits per heavy atom. The maximum absolute atomic E-state index is 12.1. The zero-order chi connectivity index (χ0) is 15.3. The summed E-state index contributed by atoms with van der Waals surface area (Å²) >= 11 is 0. The van der Waals surface area contributed by atoms with Crippen molar-refractivity contribution in [1.29, 1.82) is 0 Å². The van der Waals surface area contributed by atoms with Crippen molar-refractivity contribution in [3.8, 4) is 0 Å². The van der Waals surface area contributed by atoms with Gasteiger partial charge in [-0.25, -0.2) is 0 Å². The molecular weight excluding hydrogens is 250 g/mol. The molecule has 0 aliphatic heterocycles. The fraction of sp³-hybridized carbons (Fsp3) is 0.846. The number of likely N-dealkylation sites (N-methyl/N-ethyl adjacent to an activating group) is 1. The minimum atomic E-state index is -1.88. The number of hydrogen-bond donors (Lipinski definition) is 3. The Bertz CT molecular complexity index is 323. The number of carbonyl (C=O) groups excluding carboxylic acids is 1. The monoisotopic (exact) mass is 276 g/mol. The van der Waals surface area contributed by atoms with E-state index in [0.29, 0.717) is 6.42 Å². The molecule has 0 aromatic heterocycles. The van der Waals surface area contributed by atoms with Gasteiger partial charge in [-0.3, -0.25) is 9.59 Å². The lowest BCUT2D eigenvalue weighted by molar-refractivity contribution is -0.875. The van der Waals surface area contributed by atoms with Crippen LogP contribution in [0.1, 0.15) is 32.6 Å². The summed E-state index contributed by atoms with van der Waals surface area (Å²) in [5.41, 5.74) is -1.88. The van der Waals surface area contributed by atoms with Crippen LogP contribution in [0, 0.1) is 0 Å². The normalized spacial score (nSPS) is 16.7. The number of carboxylic acids is 1. The number of aliphatic hydroxyl groups is 2. The molecule has 112 valence electrons. The molecule has 6 nitrogen and oxygen atoms in total. The summed E-state index contributed by atoms with van der Waals surface area (Å²) in [6.07, 6.45) is -0.446. The summed E-state index contributed by atoms with van der Waals surface area (Å²) in [5.74, 6) is -1.73. The van der Waals surface area contributed by atoms with E-state index in [1.165, 1.54) is 0 Å². The molecule has 6 heteroatoms. The van der Waals surface area contributed by atoms with E-state index in [1.807, 2.05) is 0 Å². The van der Waals surface area contributed by atoms with Gasteiger partial charge >= 0.3 is 5.97 Å². The molecule has 0 radical (unpaired) electrons. The second-order valence-corrected chi connectivity index (χ2v) is 6.07. The molecule has 0 saturated heterocycles. The van der Waals surface area contributed by atoms with E-state index in [2.05, 4.69) is 0 Å². The largest absolute Gasteiger partial charge is 0.481 e. The molecule has 0 rings (SSSR count). The highest BCUT2D eigenvalue weighted by atomic mass is 16.4. The van der Waals surface area contributed by atoms with Gasteiger partial charge in [-0.15, -0.1) is 0 Å². The number of rotatable bonds is 9. The quantitative estimate of drug-likeness (QED) is 0.516. The summed E-state index contributed by atoms with van der Waals surface area (Å²) in [6, 6.07) is 0. The lowest BCUT2D eigenvalue weighted by Crippen LogP contribution is -2.54. The third-order valence-electron chi connectivity index (χ3n) is 2.87. The lowest BCUT2D eigenvalue weighted by Gasteiger charge is -2.33. The molecule has 0 aromatic rings. The molecule has 0 amide bonds. The maximum atomic E-state index is 12.1. The molecule has 0 spiro atoms. The van der Waals surface area contributed by atoms with E-state index in [0.717, 1.165) is 0 Å². The molecule has 2 atom stereocenters. The van der Waals surface area contributed by atoms with Crippen molar-refractivity contribution in [3.63, 3.8) is 0 Å². The zero-order valence-electron chi connectivity index (χ0n) is 12.2. The van der Waals surface area contributed by atoms with Crippen LogP contribution in [0.5, 0.6) is 0 Å². The Morgan fingerprint density at radius 1 is 1.26 bits per heavy atom. The minimum absolute atomic E-state index is 0.0151. The van der Waals surface area contributed by atoms with Gasteiger partial charge in [-0.2, -0.15) is 0 Å². The molecule has 0 aliphatic carbocycles. The van der Waals surface area contributed by atoms with Crippen LogP contribution in [0.2, 0.25) is 0 Å². The summed E-state index contributed by atoms with van der Waals surface area (Å²) < 4.78 is 0.284. The fourth-order valence-electron chi connectivity index (χ4n) is 2.01. The predicted molar refractivity (Wildman–Crippen MR) is 70.6 cm³/mol. The third kappa shape index (κ3) is 7.25. The van der Waals surface area contributed by atoms with Crippen LogP contribution in [-0.4, -0.2) is 70.9 Å². The van der Waals surface area contributed by atoms with Gasteiger partial charge in [0, 0.05) is 6.42 Å². The van der Waals surface area contributed by atoms with Crippen molar-refractivity contribution in [2.75, 3.05) is 27.7 Å². The zero-order valence-corrected chi connectivity index (χ0v) is 12.2. The number of carboxylic acid groups (broad SMARTS) is 1. The van der Waals surface area contributed by atoms with E-state index in [9.17, 15) is 19.8 Å². The highest BCUT2D eigenvalue weighted by molar-refractivity contribution is 5.91. The molecule has 2 unspecified atom stereocenters. The lowest BCUT2D eigenvalue weighted by atomic mass is 9.89. The third-order valence-corrected chi connectivity index (χ3v) is 2.87. The fourth-order valence-corrected chi connectivity index (χ4v) is 2.01. The molecule has 0 heterocycles. The Kier molecular flexibility index (Phi) is 6.62. The maximum Gasteiger partial charge on any atom is 0.306 e. The smallest absolute Gasteiger partial charge is 0.306 e. The summed E-state index contributed by atoms with van der Waals surface area (Å²) in [5, 5.41) is 28.6. The first kappa shape index (κ1) is 18.0. The van der Waals surface area contributed by atoms with E-state index < -0.39 is 29.9 Å². The van der Waals surface area contributed by atoms with Crippen molar-refractivity contribution >= 4 is 11.8 Å². The second-order valence-electron chi connectivity index (χ2n) is 6.07. The van der Waals surface area contributed by atoms with E-state index >= 15 is 0 Å². The molecular formula is C13H26NO5+. The Morgan fingerprint density at radius 2 is 1.79 bits per heavy atom. The van der Waals surface area contributed by atoms with E-state index in [1.54, 1.807) is 28.1 Å². The molecule has 0 aliphatic rings. The van der Waals surface area contributed by atoms with E-state index in [4.69, 9.17) is 5.11 Å². The summed E-state index contributed by atoms with van der Waals surface area (Å²) in [7, 11) is 5.34. The topological polar surface area (TPSA) is 94.8 Å². The SMILES string of the molecule is CCC(O)CCC(=O)C(O)(CC(=O)O)C[N+](C)(C)C. The van der Waals surface area contributed by atoms with Gasteiger partial charge in [0.25, 0.3) is 0 Å². The molecule has 19 heavy (non-hydrogen) atoms. The van der Waals surface area contributed by atoms with Crippen molar-refractivity contribution in [2.45, 2.75) is 44.3 Å². The molecule has 0 aromatic carbocycles. The predicted octanol–water partition coefficient (Wildman–Crippen LogP) is 0.0186. The van der Waals surface area contributed by atoms with Crippen LogP contribution >= 0.6 is 0 Å². The molecule has 0 fully saturated rings. The van der Waals surface area contributed by atoms with Gasteiger partial charge in [0.2, 0.25) is 0 Å². The summed E-state index contributed by atoms with van der Waals surface area (Å²) in [4.78, 5) is 22.9. The highest BCUT2D eigenvalue weighted by Gasteiger charge is 2.42. The van der Waals surface area contributed by atoms with Crippen LogP contribution < -0.4 is 0 Å². The van der Waals surface area contributed by atoms with Crippen LogP contribution in [0.15, 0.2) is 0 Å². The van der Waals surface area contributed by atoms with Gasteiger partial charge in [-0.05, 0) is 12.8 Å². The Labute approximate surface area is 114 Å². The minimum Gasteiger partial charge on any atom is -0.481 e. The Hall–Kier alpha value is -0.980. The van der Waals surface area contributed by atoms with Crippen LogP contribution in [0.4, 0.5) is 0 Å². The van der Waals surface area contributed by atoms with Crippen molar-refractivity contribution in [1.82, 2.24) is 0 Å². The van der Waals surface area contributed by atoms with Crippen LogP contribution in [0.3, 0.4) is 0 Å². The number of quaternary nitrogens is 1. The number of aliphatic carboxylic acids is 1. The van der Waals surface area contributed by atoms with Gasteiger partial charge in [0.05, 0.1) is 33.7 Å². The van der Waals surface area contributed by atoms with Crippen LogP contribution in [0.25, 0.3) is 0 Å². The standard InChI is InChI=1S/C13H25NO5/c1-5-10(15)6-7-11(16)13(19,8-12(17)18)9-14(2,3)4/h10,15,19H,5-9H2,1-4H3/p+1. The average molecular weight is 276 g/mol. The average Bonchev–Trinajstić information content (AvgIpc) is 2.21. The van der Waals surface area contributed by atoms with Crippen molar-refractivity contribution < 1.29 is 29.4 Å². The number of Topliss-reactive ketones (excluding diaryl/α,β-unsaturated/α-hetero) is 1. The number of ketones is 1. The van der Waals surface area contributed by atoms with E-state index in [-0.39, 0.29) is 23.9 Å². The number of aliphatic hydroxyl groups excluding tert-OH is 1. The number of carbonyl (C=O) groups is 2. The molecule has 3 N–H and O–H groups in total. The van der Waals surface area contributed by atoms with Gasteiger partial charge in [0.15, 0.2) is 11.4 Å². The van der Waals surface area contributed by atoms with Crippen molar-refractivity contribution in [3.05, 3.63) is 0 Å². The van der Waals surface area contributed by atoms with Crippen LogP contribution in [-0.2, 0) is 9.59 Å². The molecule has 0 saturated carbocycles. The first-order valence-electron chi connectivity index (χ1n) is 6.46. The van der Waals surface area contributed by atoms with Gasteiger partial charge in [0.1, 0.15) is 6.54 Å². The second kappa shape index (κ2) is 6.98. The Balaban J connectivity index is 4.82.